The predicted molar refractivity (Wildman–Crippen MR) is 37.4 cm³/mol. The standard InChI is InChI=1S/C7H10N3/c1-3-6(2)7-4-8-5-9-10-7/h4,6H,3H2,1-2H3. The highest BCUT2D eigenvalue weighted by molar-refractivity contribution is 4.97. The van der Waals surface area contributed by atoms with Gasteiger partial charge < -0.3 is 0 Å². The number of nitrogens with zero attached hydrogens (tertiary/aromatic N) is 3. The van der Waals surface area contributed by atoms with Crippen LogP contribution >= 0.6 is 0 Å². The lowest BCUT2D eigenvalue weighted by atomic mass is 10.1. The van der Waals surface area contributed by atoms with Gasteiger partial charge in [-0.25, -0.2) is 4.98 Å². The van der Waals surface area contributed by atoms with Crippen LogP contribution in [0.25, 0.3) is 0 Å². The van der Waals surface area contributed by atoms with E-state index in [1.165, 1.54) is 0 Å². The van der Waals surface area contributed by atoms with Crippen LogP contribution in [0.5, 0.6) is 0 Å². The van der Waals surface area contributed by atoms with E-state index in [0.717, 1.165) is 12.1 Å². The molecule has 1 rings (SSSR count). The number of rotatable bonds is 2. The molecule has 3 nitrogen and oxygen atoms in total. The van der Waals surface area contributed by atoms with E-state index in [0.29, 0.717) is 5.92 Å². The molecule has 0 amide bonds. The van der Waals surface area contributed by atoms with Gasteiger partial charge in [0.1, 0.15) is 0 Å². The van der Waals surface area contributed by atoms with Crippen LogP contribution in [0, 0.1) is 6.33 Å². The second-order valence-electron chi connectivity index (χ2n) is 2.29. The maximum Gasteiger partial charge on any atom is 0.221 e. The van der Waals surface area contributed by atoms with Gasteiger partial charge in [0.2, 0.25) is 6.33 Å². The fourth-order valence-corrected chi connectivity index (χ4v) is 0.662. The molecule has 53 valence electrons. The summed E-state index contributed by atoms with van der Waals surface area (Å²) in [5.41, 5.74) is 0.946. The van der Waals surface area contributed by atoms with E-state index in [9.17, 15) is 0 Å². The van der Waals surface area contributed by atoms with Crippen LogP contribution < -0.4 is 0 Å². The van der Waals surface area contributed by atoms with Gasteiger partial charge in [0.15, 0.2) is 0 Å². The molecule has 0 saturated heterocycles. The van der Waals surface area contributed by atoms with Crippen molar-refractivity contribution in [3.8, 4) is 0 Å². The maximum atomic E-state index is 3.88. The molecule has 1 aromatic rings. The molecule has 10 heavy (non-hydrogen) atoms. The first kappa shape index (κ1) is 7.12. The number of hydrogen-bond donors (Lipinski definition) is 0. The van der Waals surface area contributed by atoms with Crippen molar-refractivity contribution in [2.24, 2.45) is 0 Å². The van der Waals surface area contributed by atoms with Crippen molar-refractivity contribution in [3.05, 3.63) is 18.2 Å². The molecule has 1 unspecified atom stereocenters. The molecule has 1 radical (unpaired) electrons. The molecule has 0 spiro atoms. The lowest BCUT2D eigenvalue weighted by Gasteiger charge is -2.03. The Morgan fingerprint density at radius 2 is 2.50 bits per heavy atom. The molecule has 0 aliphatic rings. The minimum Gasteiger partial charge on any atom is -0.230 e. The average Bonchev–Trinajstić information content (AvgIpc) is 2.05. The van der Waals surface area contributed by atoms with Crippen molar-refractivity contribution in [3.63, 3.8) is 0 Å². The van der Waals surface area contributed by atoms with Crippen LogP contribution in [-0.2, 0) is 0 Å². The smallest absolute Gasteiger partial charge is 0.221 e. The molecule has 0 fully saturated rings. The van der Waals surface area contributed by atoms with E-state index in [-0.39, 0.29) is 0 Å². The summed E-state index contributed by atoms with van der Waals surface area (Å²) in [6, 6.07) is 0. The lowest BCUT2D eigenvalue weighted by Crippen LogP contribution is -1.97. The molecule has 3 heteroatoms. The Morgan fingerprint density at radius 1 is 1.70 bits per heavy atom. The quantitative estimate of drug-likeness (QED) is 0.613. The zero-order valence-corrected chi connectivity index (χ0v) is 6.20. The van der Waals surface area contributed by atoms with Crippen LogP contribution in [0.2, 0.25) is 0 Å². The normalized spacial score (nSPS) is 13.0. The maximum absolute atomic E-state index is 3.88. The molecule has 1 atom stereocenters. The number of hydrogen-bond acceptors (Lipinski definition) is 3. The molecule has 0 aliphatic heterocycles. The Bertz CT molecular complexity index is 185. The van der Waals surface area contributed by atoms with Gasteiger partial charge in [-0.3, -0.25) is 0 Å². The minimum atomic E-state index is 0.453. The van der Waals surface area contributed by atoms with Crippen molar-refractivity contribution in [1.29, 1.82) is 0 Å². The largest absolute Gasteiger partial charge is 0.230 e. The summed E-state index contributed by atoms with van der Waals surface area (Å²) < 4.78 is 0. The van der Waals surface area contributed by atoms with Gasteiger partial charge in [0.25, 0.3) is 0 Å². The lowest BCUT2D eigenvalue weighted by molar-refractivity contribution is 0.680. The highest BCUT2D eigenvalue weighted by atomic mass is 15.1. The zero-order chi connectivity index (χ0) is 7.40. The molecule has 0 aromatic carbocycles. The molecular formula is C7H10N3. The zero-order valence-electron chi connectivity index (χ0n) is 6.20. The Labute approximate surface area is 60.5 Å². The van der Waals surface area contributed by atoms with Gasteiger partial charge in [-0.05, 0) is 6.42 Å². The van der Waals surface area contributed by atoms with Gasteiger partial charge >= 0.3 is 0 Å². The molecule has 1 aromatic heterocycles. The van der Waals surface area contributed by atoms with Gasteiger partial charge in [-0.15, -0.1) is 5.10 Å². The fraction of sp³-hybridized carbons (Fsp3) is 0.571. The predicted octanol–water partition coefficient (Wildman–Crippen LogP) is 1.19. The Balaban J connectivity index is 2.75. The van der Waals surface area contributed by atoms with Crippen molar-refractivity contribution in [1.82, 2.24) is 15.2 Å². The monoisotopic (exact) mass is 136 g/mol. The molecule has 0 aliphatic carbocycles. The van der Waals surface area contributed by atoms with Gasteiger partial charge in [-0.1, -0.05) is 13.8 Å². The minimum absolute atomic E-state index is 0.453. The van der Waals surface area contributed by atoms with Crippen molar-refractivity contribution in [2.75, 3.05) is 0 Å². The van der Waals surface area contributed by atoms with Gasteiger partial charge in [-0.2, -0.15) is 5.10 Å². The van der Waals surface area contributed by atoms with E-state index >= 15 is 0 Å². The third-order valence-electron chi connectivity index (χ3n) is 1.58. The average molecular weight is 136 g/mol. The topological polar surface area (TPSA) is 38.7 Å². The highest BCUT2D eigenvalue weighted by Crippen LogP contribution is 2.12. The summed E-state index contributed by atoms with van der Waals surface area (Å²) in [6.45, 7) is 4.22. The molecular weight excluding hydrogens is 126 g/mol. The third kappa shape index (κ3) is 1.50. The van der Waals surface area contributed by atoms with E-state index in [1.54, 1.807) is 6.20 Å². The number of aromatic nitrogens is 3. The van der Waals surface area contributed by atoms with Gasteiger partial charge in [0.05, 0.1) is 11.9 Å². The Hall–Kier alpha value is -0.990. The molecule has 0 N–H and O–H groups in total. The van der Waals surface area contributed by atoms with E-state index in [4.69, 9.17) is 0 Å². The Morgan fingerprint density at radius 3 is 3.00 bits per heavy atom. The first-order valence-corrected chi connectivity index (χ1v) is 3.40. The second-order valence-corrected chi connectivity index (χ2v) is 2.29. The Kier molecular flexibility index (Phi) is 2.31. The summed E-state index contributed by atoms with van der Waals surface area (Å²) >= 11 is 0. The van der Waals surface area contributed by atoms with Crippen LogP contribution in [0.1, 0.15) is 31.9 Å². The SMILES string of the molecule is CCC(C)c1cn[c]nn1. The van der Waals surface area contributed by atoms with Crippen molar-refractivity contribution >= 4 is 0 Å². The first-order valence-electron chi connectivity index (χ1n) is 3.40. The fourth-order valence-electron chi connectivity index (χ4n) is 0.662. The van der Waals surface area contributed by atoms with Crippen molar-refractivity contribution in [2.45, 2.75) is 26.2 Å². The summed E-state index contributed by atoms with van der Waals surface area (Å²) in [7, 11) is 0. The first-order chi connectivity index (χ1) is 4.84. The summed E-state index contributed by atoms with van der Waals surface area (Å²) in [6.07, 6.45) is 5.18. The summed E-state index contributed by atoms with van der Waals surface area (Å²) in [4.78, 5) is 3.76. The van der Waals surface area contributed by atoms with E-state index in [1.807, 2.05) is 0 Å². The van der Waals surface area contributed by atoms with Gasteiger partial charge in [0, 0.05) is 5.92 Å². The van der Waals surface area contributed by atoms with Crippen molar-refractivity contribution < 1.29 is 0 Å². The summed E-state index contributed by atoms with van der Waals surface area (Å²) in [5.74, 6) is 0.453. The summed E-state index contributed by atoms with van der Waals surface area (Å²) in [5, 5.41) is 7.45. The van der Waals surface area contributed by atoms with Crippen LogP contribution in [0.15, 0.2) is 6.20 Å². The van der Waals surface area contributed by atoms with Crippen LogP contribution in [-0.4, -0.2) is 15.2 Å². The molecule has 1 heterocycles. The highest BCUT2D eigenvalue weighted by Gasteiger charge is 2.02. The second kappa shape index (κ2) is 3.25. The third-order valence-corrected chi connectivity index (χ3v) is 1.58. The molecule has 0 bridgehead atoms. The van der Waals surface area contributed by atoms with Crippen LogP contribution in [0.3, 0.4) is 0 Å². The molecule has 0 saturated carbocycles. The van der Waals surface area contributed by atoms with E-state index in [2.05, 4.69) is 35.4 Å². The van der Waals surface area contributed by atoms with Crippen LogP contribution in [0.4, 0.5) is 0 Å². The van der Waals surface area contributed by atoms with E-state index < -0.39 is 0 Å².